The number of methoxy groups -OCH3 is 2. The molecule has 2 aromatic rings. The van der Waals surface area contributed by atoms with Crippen LogP contribution in [0.15, 0.2) is 24.3 Å². The van der Waals surface area contributed by atoms with Crippen LogP contribution < -0.4 is 20.1 Å². The molecule has 0 aliphatic heterocycles. The lowest BCUT2D eigenvalue weighted by atomic mass is 10.00. The molecule has 2 amide bonds. The number of hydrogen-bond donors (Lipinski definition) is 2. The molecule has 1 heterocycles. The van der Waals surface area contributed by atoms with E-state index in [0.29, 0.717) is 42.0 Å². The third-order valence-corrected chi connectivity index (χ3v) is 7.53. The average molecular weight is 527 g/mol. The second-order valence-corrected chi connectivity index (χ2v) is 10.9. The van der Waals surface area contributed by atoms with Gasteiger partial charge in [0.05, 0.1) is 25.5 Å². The van der Waals surface area contributed by atoms with Crippen molar-refractivity contribution in [1.29, 1.82) is 0 Å². The van der Waals surface area contributed by atoms with Gasteiger partial charge in [-0.25, -0.2) is 0 Å². The van der Waals surface area contributed by atoms with E-state index in [0.717, 1.165) is 49.8 Å². The fraction of sp³-hybridized carbons (Fsp3) is 0.633. The van der Waals surface area contributed by atoms with Gasteiger partial charge in [0.2, 0.25) is 5.91 Å². The van der Waals surface area contributed by atoms with Gasteiger partial charge in [0.1, 0.15) is 11.5 Å². The third kappa shape index (κ3) is 7.74. The van der Waals surface area contributed by atoms with Crippen molar-refractivity contribution < 1.29 is 19.1 Å². The molecule has 8 heteroatoms. The highest BCUT2D eigenvalue weighted by Crippen LogP contribution is 2.39. The minimum absolute atomic E-state index is 0.00144. The summed E-state index contributed by atoms with van der Waals surface area (Å²) in [6.07, 6.45) is 7.39. The van der Waals surface area contributed by atoms with Crippen molar-refractivity contribution in [3.63, 3.8) is 0 Å². The number of carbonyl (C=O) groups excluding carboxylic acids is 2. The van der Waals surface area contributed by atoms with Crippen LogP contribution in [0, 0.1) is 11.8 Å². The number of carbonyl (C=O) groups is 2. The van der Waals surface area contributed by atoms with Gasteiger partial charge >= 0.3 is 0 Å². The Labute approximate surface area is 227 Å². The highest BCUT2D eigenvalue weighted by atomic mass is 16.5. The molecule has 1 aromatic carbocycles. The summed E-state index contributed by atoms with van der Waals surface area (Å²) >= 11 is 0. The number of amides is 2. The Balaban J connectivity index is 1.89. The normalized spacial score (nSPS) is 14.6. The summed E-state index contributed by atoms with van der Waals surface area (Å²) in [5.41, 5.74) is 1.87. The summed E-state index contributed by atoms with van der Waals surface area (Å²) in [6, 6.07) is 7.45. The summed E-state index contributed by atoms with van der Waals surface area (Å²) < 4.78 is 13.2. The summed E-state index contributed by atoms with van der Waals surface area (Å²) in [6.45, 7) is 9.22. The minimum Gasteiger partial charge on any atom is -0.496 e. The molecule has 210 valence electrons. The lowest BCUT2D eigenvalue weighted by Gasteiger charge is -2.21. The Morgan fingerprint density at radius 1 is 1.08 bits per heavy atom. The quantitative estimate of drug-likeness (QED) is 0.334. The van der Waals surface area contributed by atoms with E-state index in [4.69, 9.17) is 14.6 Å². The van der Waals surface area contributed by atoms with E-state index >= 15 is 0 Å². The molecule has 2 N–H and O–H groups in total. The molecule has 0 spiro atoms. The second-order valence-electron chi connectivity index (χ2n) is 10.9. The van der Waals surface area contributed by atoms with Crippen LogP contribution in [0.2, 0.25) is 0 Å². The van der Waals surface area contributed by atoms with Gasteiger partial charge in [-0.3, -0.25) is 14.3 Å². The van der Waals surface area contributed by atoms with Crippen LogP contribution in [0.4, 0.5) is 0 Å². The molecule has 8 nitrogen and oxygen atoms in total. The fourth-order valence-electron chi connectivity index (χ4n) is 5.37. The monoisotopic (exact) mass is 526 g/mol. The number of hydrogen-bond acceptors (Lipinski definition) is 5. The van der Waals surface area contributed by atoms with Crippen molar-refractivity contribution in [2.24, 2.45) is 11.8 Å². The van der Waals surface area contributed by atoms with Crippen LogP contribution in [0.5, 0.6) is 11.5 Å². The van der Waals surface area contributed by atoms with Gasteiger partial charge in [0, 0.05) is 25.0 Å². The molecule has 1 aliphatic carbocycles. The van der Waals surface area contributed by atoms with Crippen LogP contribution in [0.3, 0.4) is 0 Å². The molecule has 3 rings (SSSR count). The molecule has 0 bridgehead atoms. The van der Waals surface area contributed by atoms with E-state index in [2.05, 4.69) is 38.3 Å². The zero-order valence-corrected chi connectivity index (χ0v) is 24.0. The first-order valence-corrected chi connectivity index (χ1v) is 14.2. The zero-order valence-electron chi connectivity index (χ0n) is 24.0. The first-order chi connectivity index (χ1) is 18.3. The van der Waals surface area contributed by atoms with Gasteiger partial charge in [-0.05, 0) is 49.3 Å². The van der Waals surface area contributed by atoms with Gasteiger partial charge in [-0.2, -0.15) is 5.10 Å². The predicted octanol–water partition coefficient (Wildman–Crippen LogP) is 5.60. The van der Waals surface area contributed by atoms with Gasteiger partial charge in [-0.1, -0.05) is 59.4 Å². The summed E-state index contributed by atoms with van der Waals surface area (Å²) in [5.74, 6) is 1.79. The van der Waals surface area contributed by atoms with Gasteiger partial charge < -0.3 is 20.1 Å². The first-order valence-electron chi connectivity index (χ1n) is 14.2. The third-order valence-electron chi connectivity index (χ3n) is 7.53. The van der Waals surface area contributed by atoms with Crippen LogP contribution in [-0.4, -0.2) is 47.9 Å². The molecule has 0 saturated heterocycles. The molecule has 1 aromatic heterocycles. The number of nitrogens with zero attached hydrogens (tertiary/aromatic N) is 2. The largest absolute Gasteiger partial charge is 0.496 e. The molecule has 0 radical (unpaired) electrons. The van der Waals surface area contributed by atoms with Crippen molar-refractivity contribution in [3.8, 4) is 22.8 Å². The van der Waals surface area contributed by atoms with Crippen molar-refractivity contribution >= 4 is 11.8 Å². The van der Waals surface area contributed by atoms with Crippen molar-refractivity contribution in [2.75, 3.05) is 14.2 Å². The van der Waals surface area contributed by atoms with Crippen LogP contribution in [0.1, 0.15) is 89.5 Å². The Morgan fingerprint density at radius 2 is 1.71 bits per heavy atom. The van der Waals surface area contributed by atoms with E-state index < -0.39 is 0 Å². The molecular formula is C30H46N4O4. The second kappa shape index (κ2) is 14.2. The van der Waals surface area contributed by atoms with Crippen molar-refractivity contribution in [1.82, 2.24) is 20.4 Å². The maximum atomic E-state index is 13.5. The number of benzene rings is 1. The maximum absolute atomic E-state index is 13.5. The molecule has 1 atom stereocenters. The van der Waals surface area contributed by atoms with Gasteiger partial charge in [0.25, 0.3) is 5.91 Å². The molecular weight excluding hydrogens is 480 g/mol. The summed E-state index contributed by atoms with van der Waals surface area (Å²) in [5, 5.41) is 11.0. The SMILES string of the molecule is CCC(CC)Cn1nc(C(=O)N[C@H](CC(=O)NC2CCCC2)CC(C)C)cc1-c1c(OC)cccc1OC. The highest BCUT2D eigenvalue weighted by Gasteiger charge is 2.26. The Morgan fingerprint density at radius 3 is 2.26 bits per heavy atom. The van der Waals surface area contributed by atoms with Gasteiger partial charge in [0.15, 0.2) is 5.69 Å². The Kier molecular flexibility index (Phi) is 11.0. The van der Waals surface area contributed by atoms with Crippen LogP contribution in [-0.2, 0) is 11.3 Å². The number of aromatic nitrogens is 2. The van der Waals surface area contributed by atoms with Crippen molar-refractivity contribution in [3.05, 3.63) is 30.0 Å². The van der Waals surface area contributed by atoms with Crippen LogP contribution >= 0.6 is 0 Å². The van der Waals surface area contributed by atoms with E-state index in [1.54, 1.807) is 14.2 Å². The molecule has 0 unspecified atom stereocenters. The lowest BCUT2D eigenvalue weighted by Crippen LogP contribution is -2.42. The lowest BCUT2D eigenvalue weighted by molar-refractivity contribution is -0.122. The predicted molar refractivity (Wildman–Crippen MR) is 151 cm³/mol. The van der Waals surface area contributed by atoms with E-state index in [-0.39, 0.29) is 30.3 Å². The Hall–Kier alpha value is -3.03. The highest BCUT2D eigenvalue weighted by molar-refractivity contribution is 5.94. The molecule has 1 saturated carbocycles. The summed E-state index contributed by atoms with van der Waals surface area (Å²) in [7, 11) is 3.25. The van der Waals surface area contributed by atoms with E-state index in [9.17, 15) is 9.59 Å². The Bertz CT molecular complexity index is 1030. The first kappa shape index (κ1) is 29.5. The fourth-order valence-corrected chi connectivity index (χ4v) is 5.37. The zero-order chi connectivity index (χ0) is 27.7. The smallest absolute Gasteiger partial charge is 0.272 e. The van der Waals surface area contributed by atoms with E-state index in [1.807, 2.05) is 28.9 Å². The number of ether oxygens (including phenoxy) is 2. The maximum Gasteiger partial charge on any atom is 0.272 e. The molecule has 38 heavy (non-hydrogen) atoms. The molecule has 1 aliphatic rings. The van der Waals surface area contributed by atoms with Crippen molar-refractivity contribution in [2.45, 2.75) is 97.7 Å². The topological polar surface area (TPSA) is 94.5 Å². The van der Waals surface area contributed by atoms with Crippen LogP contribution in [0.25, 0.3) is 11.3 Å². The molecule has 1 fully saturated rings. The minimum atomic E-state index is -0.275. The number of nitrogens with one attached hydrogen (secondary N) is 2. The standard InChI is InChI=1S/C30H46N4O4/c1-7-21(8-2)19-34-25(29-26(37-5)14-11-15-27(29)38-6)18-24(33-34)30(36)32-23(16-20(3)4)17-28(35)31-22-12-9-10-13-22/h11,14-15,18,20-23H,7-10,12-13,16-17,19H2,1-6H3,(H,31,35)(H,32,36)/t23-/m0/s1. The number of rotatable bonds is 14. The summed E-state index contributed by atoms with van der Waals surface area (Å²) in [4.78, 5) is 26.3. The van der Waals surface area contributed by atoms with Gasteiger partial charge in [-0.15, -0.1) is 0 Å². The van der Waals surface area contributed by atoms with E-state index in [1.165, 1.54) is 0 Å². The average Bonchev–Trinajstić information content (AvgIpc) is 3.56.